The molecule has 2 aromatic carbocycles. The van der Waals surface area contributed by atoms with Crippen LogP contribution in [0.3, 0.4) is 0 Å². The molecule has 0 spiro atoms. The Bertz CT molecular complexity index is 1140. The molecule has 1 N–H and O–H groups in total. The summed E-state index contributed by atoms with van der Waals surface area (Å²) >= 11 is 0. The smallest absolute Gasteiger partial charge is 0.269 e. The van der Waals surface area contributed by atoms with Gasteiger partial charge in [-0.3, -0.25) is 25.1 Å². The van der Waals surface area contributed by atoms with Gasteiger partial charge in [-0.15, -0.1) is 0 Å². The summed E-state index contributed by atoms with van der Waals surface area (Å²) < 4.78 is 5.88. The lowest BCUT2D eigenvalue weighted by atomic mass is 10.1. The topological polar surface area (TPSA) is 111 Å². The highest BCUT2D eigenvalue weighted by Crippen LogP contribution is 2.41. The van der Waals surface area contributed by atoms with Crippen LogP contribution in [0.1, 0.15) is 54.9 Å². The van der Waals surface area contributed by atoms with Crippen LogP contribution in [0.4, 0.5) is 11.4 Å². The number of nitro groups is 2. The van der Waals surface area contributed by atoms with E-state index in [1.807, 2.05) is 12.1 Å². The molecule has 0 aromatic heterocycles. The van der Waals surface area contributed by atoms with E-state index in [9.17, 15) is 20.2 Å². The quantitative estimate of drug-likeness (QED) is 0.312. The summed E-state index contributed by atoms with van der Waals surface area (Å²) in [4.78, 5) is 22.7. The Labute approximate surface area is 213 Å². The van der Waals surface area contributed by atoms with E-state index in [1.165, 1.54) is 36.8 Å². The first kappa shape index (κ1) is 26.4. The van der Waals surface area contributed by atoms with E-state index in [-0.39, 0.29) is 21.2 Å². The van der Waals surface area contributed by atoms with Gasteiger partial charge in [0.05, 0.1) is 15.4 Å². The predicted octanol–water partition coefficient (Wildman–Crippen LogP) is 5.66. The molecular formula is C26H36N4O5Si. The van der Waals surface area contributed by atoms with Gasteiger partial charge in [0, 0.05) is 56.5 Å². The SMILES string of the molecule is CC1(O[Si](C)(C)C)CC1.O=[N+]([O-])c1ccc2c(c1)CN(C1CC1)C2.O=[N+]([O-])c1ccc2c(c1)CNC2. The van der Waals surface area contributed by atoms with E-state index in [0.717, 1.165) is 43.3 Å². The largest absolute Gasteiger partial charge is 0.412 e. The Morgan fingerprint density at radius 2 is 1.42 bits per heavy atom. The Morgan fingerprint density at radius 3 is 1.92 bits per heavy atom. The number of nitro benzene ring substituents is 2. The predicted molar refractivity (Wildman–Crippen MR) is 141 cm³/mol. The molecule has 0 bridgehead atoms. The van der Waals surface area contributed by atoms with E-state index >= 15 is 0 Å². The van der Waals surface area contributed by atoms with Gasteiger partial charge in [0.1, 0.15) is 0 Å². The fourth-order valence-corrected chi connectivity index (χ4v) is 6.31. The highest BCUT2D eigenvalue weighted by molar-refractivity contribution is 6.69. The van der Waals surface area contributed by atoms with Crippen molar-refractivity contribution >= 4 is 19.7 Å². The van der Waals surface area contributed by atoms with Crippen LogP contribution in [-0.4, -0.2) is 34.7 Å². The number of rotatable bonds is 5. The van der Waals surface area contributed by atoms with Crippen molar-refractivity contribution in [1.29, 1.82) is 0 Å². The summed E-state index contributed by atoms with van der Waals surface area (Å²) in [5, 5.41) is 24.1. The fourth-order valence-electron chi connectivity index (χ4n) is 4.63. The van der Waals surface area contributed by atoms with Crippen LogP contribution in [0, 0.1) is 20.2 Å². The number of fused-ring (bicyclic) bond motifs is 2. The molecule has 2 saturated carbocycles. The molecule has 10 heteroatoms. The van der Waals surface area contributed by atoms with E-state index in [0.29, 0.717) is 5.60 Å². The maximum Gasteiger partial charge on any atom is 0.269 e. The van der Waals surface area contributed by atoms with Gasteiger partial charge in [-0.25, -0.2) is 0 Å². The molecule has 0 amide bonds. The van der Waals surface area contributed by atoms with Gasteiger partial charge < -0.3 is 9.74 Å². The number of hydrogen-bond acceptors (Lipinski definition) is 7. The van der Waals surface area contributed by atoms with Gasteiger partial charge in [-0.2, -0.15) is 0 Å². The molecule has 0 saturated heterocycles. The molecule has 2 aliphatic carbocycles. The lowest BCUT2D eigenvalue weighted by molar-refractivity contribution is -0.385. The third-order valence-corrected chi connectivity index (χ3v) is 7.85. The van der Waals surface area contributed by atoms with Crippen molar-refractivity contribution in [2.24, 2.45) is 0 Å². The first-order chi connectivity index (χ1) is 16.9. The standard InChI is InChI=1S/C11H12N2O2.C8H8N2O2.C7H16OSi/c14-13(15)11-2-1-8-6-12(10-3-4-10)7-9(8)5-11;11-10(12)8-2-1-6-4-9-5-7(6)3-8;1-7(5-6-7)8-9(2,3)4/h1-2,5,10H,3-4,6-7H2;1-3,9H,4-5H2;5-6H2,1-4H3. The normalized spacial score (nSPS) is 19.2. The second kappa shape index (κ2) is 10.4. The first-order valence-corrected chi connectivity index (χ1v) is 16.0. The molecule has 2 heterocycles. The lowest BCUT2D eigenvalue weighted by Crippen LogP contribution is -2.31. The molecule has 2 fully saturated rings. The molecule has 2 aliphatic heterocycles. The van der Waals surface area contributed by atoms with E-state index in [4.69, 9.17) is 4.43 Å². The van der Waals surface area contributed by atoms with E-state index in [2.05, 4.69) is 36.8 Å². The fraction of sp³-hybridized carbons (Fsp3) is 0.538. The third-order valence-electron chi connectivity index (χ3n) is 6.75. The Morgan fingerprint density at radius 1 is 0.889 bits per heavy atom. The van der Waals surface area contributed by atoms with Gasteiger partial charge in [-0.1, -0.05) is 12.1 Å². The van der Waals surface area contributed by atoms with Gasteiger partial charge in [0.2, 0.25) is 0 Å². The molecule has 2 aromatic rings. The molecular weight excluding hydrogens is 476 g/mol. The Kier molecular flexibility index (Phi) is 7.61. The lowest BCUT2D eigenvalue weighted by Gasteiger charge is -2.22. The van der Waals surface area contributed by atoms with Crippen LogP contribution >= 0.6 is 0 Å². The summed E-state index contributed by atoms with van der Waals surface area (Å²) in [6.45, 7) is 12.4. The molecule has 36 heavy (non-hydrogen) atoms. The number of hydrogen-bond donors (Lipinski definition) is 1. The number of benzene rings is 2. The second-order valence-corrected chi connectivity index (χ2v) is 15.8. The summed E-state index contributed by atoms with van der Waals surface area (Å²) in [6, 6.07) is 11.0. The van der Waals surface area contributed by atoms with Gasteiger partial charge in [0.25, 0.3) is 11.4 Å². The van der Waals surface area contributed by atoms with Crippen molar-refractivity contribution in [1.82, 2.24) is 10.2 Å². The highest BCUT2D eigenvalue weighted by Gasteiger charge is 2.41. The van der Waals surface area contributed by atoms with Crippen LogP contribution in [0.15, 0.2) is 36.4 Å². The highest BCUT2D eigenvalue weighted by atomic mass is 28.4. The average Bonchev–Trinajstić information content (AvgIpc) is 3.67. The summed E-state index contributed by atoms with van der Waals surface area (Å²) in [5.74, 6) is 0. The van der Waals surface area contributed by atoms with Crippen LogP contribution in [-0.2, 0) is 30.6 Å². The monoisotopic (exact) mass is 512 g/mol. The summed E-state index contributed by atoms with van der Waals surface area (Å²) in [7, 11) is -1.23. The molecule has 9 nitrogen and oxygen atoms in total. The van der Waals surface area contributed by atoms with Crippen molar-refractivity contribution in [3.05, 3.63) is 78.9 Å². The molecule has 4 aliphatic rings. The van der Waals surface area contributed by atoms with E-state index < -0.39 is 8.32 Å². The van der Waals surface area contributed by atoms with E-state index in [1.54, 1.807) is 24.3 Å². The van der Waals surface area contributed by atoms with Crippen molar-refractivity contribution < 1.29 is 14.3 Å². The zero-order chi connectivity index (χ0) is 26.1. The first-order valence-electron chi connectivity index (χ1n) is 12.6. The summed E-state index contributed by atoms with van der Waals surface area (Å²) in [5.41, 5.74) is 5.29. The Balaban J connectivity index is 0.000000131. The maximum atomic E-state index is 10.6. The average molecular weight is 513 g/mol. The number of nitrogens with zero attached hydrogens (tertiary/aromatic N) is 3. The minimum atomic E-state index is -1.23. The zero-order valence-electron chi connectivity index (χ0n) is 21.6. The molecule has 0 radical (unpaired) electrons. The molecule has 0 atom stereocenters. The van der Waals surface area contributed by atoms with Crippen molar-refractivity contribution in [3.8, 4) is 0 Å². The van der Waals surface area contributed by atoms with Gasteiger partial charge in [-0.05, 0) is 74.5 Å². The van der Waals surface area contributed by atoms with Crippen LogP contribution in [0.2, 0.25) is 19.6 Å². The second-order valence-electron chi connectivity index (χ2n) is 11.3. The minimum Gasteiger partial charge on any atom is -0.412 e. The Hall–Kier alpha value is -2.66. The van der Waals surface area contributed by atoms with Crippen LogP contribution in [0.25, 0.3) is 0 Å². The maximum absolute atomic E-state index is 10.6. The van der Waals surface area contributed by atoms with Crippen LogP contribution < -0.4 is 5.32 Å². The molecule has 194 valence electrons. The zero-order valence-corrected chi connectivity index (χ0v) is 22.6. The van der Waals surface area contributed by atoms with Crippen LogP contribution in [0.5, 0.6) is 0 Å². The number of nitrogens with one attached hydrogen (secondary N) is 1. The van der Waals surface area contributed by atoms with Gasteiger partial charge >= 0.3 is 0 Å². The number of non-ortho nitro benzene ring substituents is 2. The van der Waals surface area contributed by atoms with Crippen molar-refractivity contribution in [3.63, 3.8) is 0 Å². The molecule has 6 rings (SSSR count). The minimum absolute atomic E-state index is 0.178. The third kappa shape index (κ3) is 7.19. The van der Waals surface area contributed by atoms with Crippen molar-refractivity contribution in [2.45, 2.75) is 90.1 Å². The van der Waals surface area contributed by atoms with Gasteiger partial charge in [0.15, 0.2) is 8.32 Å². The molecule has 0 unspecified atom stereocenters. The van der Waals surface area contributed by atoms with Crippen molar-refractivity contribution in [2.75, 3.05) is 0 Å². The summed E-state index contributed by atoms with van der Waals surface area (Å²) in [6.07, 6.45) is 5.13.